The molecule has 1 N–H and O–H groups in total. The molecule has 1 amide bonds. The molecule has 1 aliphatic rings. The molecule has 0 atom stereocenters. The van der Waals surface area contributed by atoms with Crippen LogP contribution in [0.15, 0.2) is 22.7 Å². The van der Waals surface area contributed by atoms with Crippen LogP contribution in [0.1, 0.15) is 37.7 Å². The van der Waals surface area contributed by atoms with Crippen LogP contribution in [0.2, 0.25) is 0 Å². The van der Waals surface area contributed by atoms with E-state index in [1.807, 2.05) is 25.1 Å². The van der Waals surface area contributed by atoms with Gasteiger partial charge in [0.25, 0.3) is 0 Å². The second kappa shape index (κ2) is 5.67. The zero-order valence-electron chi connectivity index (χ0n) is 10.1. The number of anilines is 1. The Bertz CT molecular complexity index is 411. The van der Waals surface area contributed by atoms with Crippen LogP contribution < -0.4 is 5.32 Å². The minimum atomic E-state index is 0.186. The average Bonchev–Trinajstić information content (AvgIpc) is 2.36. The van der Waals surface area contributed by atoms with Crippen LogP contribution in [-0.4, -0.2) is 5.91 Å². The summed E-state index contributed by atoms with van der Waals surface area (Å²) in [5, 5.41) is 3.05. The molecule has 0 unspecified atom stereocenters. The highest BCUT2D eigenvalue weighted by atomic mass is 79.9. The lowest BCUT2D eigenvalue weighted by Gasteiger charge is -2.21. The standard InChI is InChI=1S/C14H18BrNO/c1-10-12(15)8-5-9-13(10)16-14(17)11-6-3-2-4-7-11/h5,8-9,11H,2-4,6-7H2,1H3,(H,16,17). The Morgan fingerprint density at radius 3 is 2.71 bits per heavy atom. The predicted molar refractivity (Wildman–Crippen MR) is 74.1 cm³/mol. The number of carbonyl (C=O) groups is 1. The van der Waals surface area contributed by atoms with E-state index in [2.05, 4.69) is 21.2 Å². The summed E-state index contributed by atoms with van der Waals surface area (Å²) in [6.07, 6.45) is 5.74. The summed E-state index contributed by atoms with van der Waals surface area (Å²) in [6, 6.07) is 5.90. The summed E-state index contributed by atoms with van der Waals surface area (Å²) >= 11 is 3.48. The fourth-order valence-corrected chi connectivity index (χ4v) is 2.71. The molecule has 1 aromatic carbocycles. The normalized spacial score (nSPS) is 16.8. The minimum Gasteiger partial charge on any atom is -0.326 e. The number of hydrogen-bond acceptors (Lipinski definition) is 1. The average molecular weight is 296 g/mol. The van der Waals surface area contributed by atoms with Crippen molar-refractivity contribution >= 4 is 27.5 Å². The SMILES string of the molecule is Cc1c(Br)cccc1NC(=O)C1CCCCC1. The highest BCUT2D eigenvalue weighted by molar-refractivity contribution is 9.10. The van der Waals surface area contributed by atoms with Crippen molar-refractivity contribution in [2.75, 3.05) is 5.32 Å². The Kier molecular flexibility index (Phi) is 4.21. The minimum absolute atomic E-state index is 0.186. The number of carbonyl (C=O) groups excluding carboxylic acids is 1. The van der Waals surface area contributed by atoms with Gasteiger partial charge in [-0.05, 0) is 37.5 Å². The Hall–Kier alpha value is -0.830. The lowest BCUT2D eigenvalue weighted by atomic mass is 9.88. The molecule has 0 bridgehead atoms. The first-order valence-electron chi connectivity index (χ1n) is 6.24. The molecular formula is C14H18BrNO. The molecule has 1 aromatic rings. The number of benzene rings is 1. The van der Waals surface area contributed by atoms with Crippen LogP contribution in [0.4, 0.5) is 5.69 Å². The molecule has 0 aliphatic heterocycles. The summed E-state index contributed by atoms with van der Waals surface area (Å²) in [5.74, 6) is 0.396. The van der Waals surface area contributed by atoms with Crippen molar-refractivity contribution in [3.05, 3.63) is 28.2 Å². The van der Waals surface area contributed by atoms with E-state index in [4.69, 9.17) is 0 Å². The fourth-order valence-electron chi connectivity index (χ4n) is 2.34. The molecule has 3 heteroatoms. The summed E-state index contributed by atoms with van der Waals surface area (Å²) < 4.78 is 1.04. The zero-order valence-corrected chi connectivity index (χ0v) is 11.7. The van der Waals surface area contributed by atoms with Crippen molar-refractivity contribution in [1.29, 1.82) is 0 Å². The lowest BCUT2D eigenvalue weighted by Crippen LogP contribution is -2.25. The van der Waals surface area contributed by atoms with Gasteiger partial charge in [0.1, 0.15) is 0 Å². The summed E-state index contributed by atoms with van der Waals surface area (Å²) in [5.41, 5.74) is 2.02. The molecule has 1 aliphatic carbocycles. The Labute approximate surface area is 111 Å². The van der Waals surface area contributed by atoms with Crippen molar-refractivity contribution in [3.63, 3.8) is 0 Å². The van der Waals surface area contributed by atoms with Crippen molar-refractivity contribution in [1.82, 2.24) is 0 Å². The maximum absolute atomic E-state index is 12.1. The van der Waals surface area contributed by atoms with Crippen LogP contribution in [0.25, 0.3) is 0 Å². The second-order valence-corrected chi connectivity index (χ2v) is 5.59. The lowest BCUT2D eigenvalue weighted by molar-refractivity contribution is -0.120. The van der Waals surface area contributed by atoms with Gasteiger partial charge in [-0.2, -0.15) is 0 Å². The molecule has 0 radical (unpaired) electrons. The van der Waals surface area contributed by atoms with E-state index in [0.717, 1.165) is 28.6 Å². The van der Waals surface area contributed by atoms with Gasteiger partial charge in [0.15, 0.2) is 0 Å². The van der Waals surface area contributed by atoms with Gasteiger partial charge in [-0.15, -0.1) is 0 Å². The van der Waals surface area contributed by atoms with Gasteiger partial charge in [0, 0.05) is 16.1 Å². The third kappa shape index (κ3) is 3.09. The first kappa shape index (κ1) is 12.6. The number of rotatable bonds is 2. The molecule has 2 nitrogen and oxygen atoms in total. The predicted octanol–water partition coefficient (Wildman–Crippen LogP) is 4.28. The van der Waals surface area contributed by atoms with E-state index in [9.17, 15) is 4.79 Å². The monoisotopic (exact) mass is 295 g/mol. The number of amides is 1. The maximum Gasteiger partial charge on any atom is 0.227 e. The van der Waals surface area contributed by atoms with Crippen LogP contribution in [0.3, 0.4) is 0 Å². The highest BCUT2D eigenvalue weighted by Gasteiger charge is 2.21. The molecule has 17 heavy (non-hydrogen) atoms. The van der Waals surface area contributed by atoms with Crippen molar-refractivity contribution in [2.24, 2.45) is 5.92 Å². The van der Waals surface area contributed by atoms with Gasteiger partial charge in [-0.3, -0.25) is 4.79 Å². The summed E-state index contributed by atoms with van der Waals surface area (Å²) in [6.45, 7) is 2.01. The van der Waals surface area contributed by atoms with Gasteiger partial charge >= 0.3 is 0 Å². The highest BCUT2D eigenvalue weighted by Crippen LogP contribution is 2.27. The third-order valence-corrected chi connectivity index (χ3v) is 4.36. The van der Waals surface area contributed by atoms with Gasteiger partial charge in [0.2, 0.25) is 5.91 Å². The fraction of sp³-hybridized carbons (Fsp3) is 0.500. The van der Waals surface area contributed by atoms with Crippen molar-refractivity contribution in [2.45, 2.75) is 39.0 Å². The maximum atomic E-state index is 12.1. The number of halogens is 1. The first-order chi connectivity index (χ1) is 8.18. The topological polar surface area (TPSA) is 29.1 Å². The van der Waals surface area contributed by atoms with Crippen LogP contribution in [0.5, 0.6) is 0 Å². The summed E-state index contributed by atoms with van der Waals surface area (Å²) in [7, 11) is 0. The molecule has 0 aromatic heterocycles. The van der Waals surface area contributed by atoms with E-state index in [1.54, 1.807) is 0 Å². The molecule has 0 heterocycles. The van der Waals surface area contributed by atoms with Crippen molar-refractivity contribution in [3.8, 4) is 0 Å². The van der Waals surface area contributed by atoms with Crippen molar-refractivity contribution < 1.29 is 4.79 Å². The molecule has 92 valence electrons. The Balaban J connectivity index is 2.04. The van der Waals surface area contributed by atoms with E-state index in [-0.39, 0.29) is 11.8 Å². The molecular weight excluding hydrogens is 278 g/mol. The van der Waals surface area contributed by atoms with E-state index >= 15 is 0 Å². The quantitative estimate of drug-likeness (QED) is 0.867. The molecule has 2 rings (SSSR count). The Morgan fingerprint density at radius 1 is 1.29 bits per heavy atom. The Morgan fingerprint density at radius 2 is 2.00 bits per heavy atom. The van der Waals surface area contributed by atoms with Gasteiger partial charge in [-0.1, -0.05) is 41.3 Å². The van der Waals surface area contributed by atoms with E-state index < -0.39 is 0 Å². The van der Waals surface area contributed by atoms with Gasteiger partial charge < -0.3 is 5.32 Å². The molecule has 0 spiro atoms. The molecule has 1 saturated carbocycles. The summed E-state index contributed by atoms with van der Waals surface area (Å²) in [4.78, 5) is 12.1. The van der Waals surface area contributed by atoms with E-state index in [1.165, 1.54) is 19.3 Å². The van der Waals surface area contributed by atoms with Crippen LogP contribution in [-0.2, 0) is 4.79 Å². The van der Waals surface area contributed by atoms with Gasteiger partial charge in [-0.25, -0.2) is 0 Å². The van der Waals surface area contributed by atoms with Gasteiger partial charge in [0.05, 0.1) is 0 Å². The largest absolute Gasteiger partial charge is 0.326 e. The van der Waals surface area contributed by atoms with E-state index in [0.29, 0.717) is 0 Å². The molecule has 0 saturated heterocycles. The molecule has 1 fully saturated rings. The van der Waals surface area contributed by atoms with Crippen LogP contribution >= 0.6 is 15.9 Å². The number of hydrogen-bond donors (Lipinski definition) is 1. The first-order valence-corrected chi connectivity index (χ1v) is 7.04. The smallest absolute Gasteiger partial charge is 0.227 e. The second-order valence-electron chi connectivity index (χ2n) is 4.74. The third-order valence-electron chi connectivity index (χ3n) is 3.50. The van der Waals surface area contributed by atoms with Crippen LogP contribution in [0, 0.1) is 12.8 Å². The zero-order chi connectivity index (χ0) is 12.3. The number of nitrogens with one attached hydrogen (secondary N) is 1.